The van der Waals surface area contributed by atoms with Crippen molar-refractivity contribution in [1.29, 1.82) is 0 Å². The van der Waals surface area contributed by atoms with Gasteiger partial charge in [0.25, 0.3) is 0 Å². The summed E-state index contributed by atoms with van der Waals surface area (Å²) in [6.45, 7) is 14.6. The largest absolute Gasteiger partial charge is 0.402 e. The van der Waals surface area contributed by atoms with Crippen LogP contribution in [0.15, 0.2) is 24.3 Å². The Balaban J connectivity index is 2.99. The number of aliphatic hydroxyl groups is 3. The van der Waals surface area contributed by atoms with Gasteiger partial charge >= 0.3 is 0 Å². The lowest BCUT2D eigenvalue weighted by molar-refractivity contribution is -0.208. The topological polar surface area (TPSA) is 99.0 Å². The highest BCUT2D eigenvalue weighted by Gasteiger charge is 2.55. The van der Waals surface area contributed by atoms with Crippen molar-refractivity contribution in [3.63, 3.8) is 0 Å². The molecule has 212 valence electrons. The van der Waals surface area contributed by atoms with Crippen LogP contribution in [0.2, 0.25) is 13.1 Å². The molecule has 0 saturated heterocycles. The predicted octanol–water partition coefficient (Wildman–Crippen LogP) is 4.72. The fourth-order valence-electron chi connectivity index (χ4n) is 4.06. The summed E-state index contributed by atoms with van der Waals surface area (Å²) < 4.78 is 7.41. The smallest absolute Gasteiger partial charge is 0.235 e. The van der Waals surface area contributed by atoms with Gasteiger partial charge < -0.3 is 25.1 Å². The molecule has 37 heavy (non-hydrogen) atoms. The van der Waals surface area contributed by atoms with Crippen LogP contribution in [0.4, 0.5) is 0 Å². The number of thioether (sulfide) groups is 2. The third kappa shape index (κ3) is 9.90. The number of unbranched alkanes of at least 4 members (excludes halogenated alkanes) is 1. The van der Waals surface area contributed by atoms with Gasteiger partial charge in [-0.05, 0) is 83.0 Å². The van der Waals surface area contributed by atoms with Crippen molar-refractivity contribution in [1.82, 2.24) is 5.32 Å². The third-order valence-corrected chi connectivity index (χ3v) is 12.8. The fourth-order valence-corrected chi connectivity index (χ4v) is 9.36. The van der Waals surface area contributed by atoms with Crippen LogP contribution >= 0.6 is 35.7 Å². The number of aliphatic hydroxyl groups excluding tert-OH is 1. The zero-order valence-corrected chi connectivity index (χ0v) is 27.2. The zero-order valence-electron chi connectivity index (χ0n) is 23.7. The van der Waals surface area contributed by atoms with Crippen molar-refractivity contribution in [2.24, 2.45) is 0 Å². The van der Waals surface area contributed by atoms with Crippen LogP contribution in [0.25, 0.3) is 0 Å². The van der Waals surface area contributed by atoms with Gasteiger partial charge in [0.15, 0.2) is 0 Å². The normalized spacial score (nSPS) is 16.5. The first-order valence-electron chi connectivity index (χ1n) is 13.0. The van der Waals surface area contributed by atoms with E-state index in [1.807, 2.05) is 31.2 Å². The van der Waals surface area contributed by atoms with E-state index in [2.05, 4.69) is 25.3 Å². The summed E-state index contributed by atoms with van der Waals surface area (Å²) in [5.74, 6) is 0.735. The summed E-state index contributed by atoms with van der Waals surface area (Å²) in [7, 11) is -2.52. The maximum Gasteiger partial charge on any atom is 0.235 e. The van der Waals surface area contributed by atoms with E-state index in [1.54, 1.807) is 39.5 Å². The molecular formula is C27H47NO5S3Si. The minimum Gasteiger partial charge on any atom is -0.402 e. The summed E-state index contributed by atoms with van der Waals surface area (Å²) in [4.78, 5) is 12.5. The van der Waals surface area contributed by atoms with Crippen molar-refractivity contribution < 1.29 is 24.5 Å². The van der Waals surface area contributed by atoms with E-state index >= 15 is 0 Å². The van der Waals surface area contributed by atoms with Gasteiger partial charge in [-0.3, -0.25) is 4.79 Å². The van der Waals surface area contributed by atoms with E-state index in [1.165, 1.54) is 11.8 Å². The zero-order chi connectivity index (χ0) is 28.5. The Morgan fingerprint density at radius 3 is 2.22 bits per heavy atom. The molecule has 0 aromatic heterocycles. The number of benzene rings is 1. The van der Waals surface area contributed by atoms with Crippen LogP contribution in [0, 0.1) is 0 Å². The molecule has 1 aromatic rings. The number of hydrogen-bond donors (Lipinski definition) is 4. The van der Waals surface area contributed by atoms with Crippen LogP contribution in [0.3, 0.4) is 0 Å². The average Bonchev–Trinajstić information content (AvgIpc) is 2.81. The Hall–Kier alpha value is -0.463. The Labute approximate surface area is 238 Å². The average molecular weight is 590 g/mol. The number of carbonyl (C=O) groups is 1. The van der Waals surface area contributed by atoms with Crippen molar-refractivity contribution >= 4 is 58.7 Å². The summed E-state index contributed by atoms with van der Waals surface area (Å²) in [6, 6.07) is 8.20. The van der Waals surface area contributed by atoms with Crippen LogP contribution in [-0.4, -0.2) is 67.6 Å². The van der Waals surface area contributed by atoms with Gasteiger partial charge in [0.05, 0.1) is 16.5 Å². The van der Waals surface area contributed by atoms with E-state index in [0.29, 0.717) is 19.3 Å². The molecule has 0 aliphatic rings. The number of amides is 1. The number of hydrogen-bond acceptors (Lipinski definition) is 8. The molecule has 0 spiro atoms. The quantitative estimate of drug-likeness (QED) is 0.101. The summed E-state index contributed by atoms with van der Waals surface area (Å²) in [6.07, 6.45) is 3.91. The Morgan fingerprint density at radius 2 is 1.73 bits per heavy atom. The van der Waals surface area contributed by atoms with Gasteiger partial charge in [0.1, 0.15) is 15.9 Å². The molecule has 0 aliphatic carbocycles. The third-order valence-electron chi connectivity index (χ3n) is 7.19. The van der Waals surface area contributed by atoms with E-state index < -0.39 is 31.9 Å². The predicted molar refractivity (Wildman–Crippen MR) is 165 cm³/mol. The number of thiocarbonyl (C=S) groups is 1. The molecule has 0 heterocycles. The highest BCUT2D eigenvalue weighted by Crippen LogP contribution is 2.40. The van der Waals surface area contributed by atoms with E-state index in [9.17, 15) is 15.0 Å². The molecule has 0 fully saturated rings. The highest BCUT2D eigenvalue weighted by molar-refractivity contribution is 8.47. The molecule has 0 bridgehead atoms. The second-order valence-electron chi connectivity index (χ2n) is 10.8. The van der Waals surface area contributed by atoms with Gasteiger partial charge in [0, 0.05) is 0 Å². The van der Waals surface area contributed by atoms with Crippen molar-refractivity contribution in [2.45, 2.75) is 109 Å². The van der Waals surface area contributed by atoms with Crippen molar-refractivity contribution in [3.05, 3.63) is 29.8 Å². The maximum absolute atomic E-state index is 12.5. The lowest BCUT2D eigenvalue weighted by Gasteiger charge is -2.53. The van der Waals surface area contributed by atoms with Crippen LogP contribution in [0.1, 0.15) is 72.8 Å². The lowest BCUT2D eigenvalue weighted by atomic mass is 9.73. The monoisotopic (exact) mass is 589 g/mol. The van der Waals surface area contributed by atoms with Crippen LogP contribution in [-0.2, 0) is 15.6 Å². The van der Waals surface area contributed by atoms with Crippen LogP contribution < -0.4 is 10.5 Å². The number of aryl methyl sites for hydroxylation is 1. The molecule has 1 aromatic carbocycles. The summed E-state index contributed by atoms with van der Waals surface area (Å²) >= 11 is 8.48. The van der Waals surface area contributed by atoms with Gasteiger partial charge in [-0.15, -0.1) is 11.8 Å². The maximum atomic E-state index is 12.5. The first-order chi connectivity index (χ1) is 17.0. The molecule has 3 unspecified atom stereocenters. The van der Waals surface area contributed by atoms with Crippen molar-refractivity contribution in [3.8, 4) is 0 Å². The molecule has 0 aliphatic heterocycles. The highest BCUT2D eigenvalue weighted by atomic mass is 32.2. The van der Waals surface area contributed by atoms with Gasteiger partial charge in [-0.1, -0.05) is 68.5 Å². The van der Waals surface area contributed by atoms with E-state index in [-0.39, 0.29) is 11.2 Å². The standard InChI is InChI=1S/C27H47NO5S3Si/c1-9-11-18-35-24(34)36-22(23(30)28-19-29)17-14-20-12-15-21(16-13-20)37(7,8)33-27(6,25(3,4)31)26(5,32)10-2/h12-13,15-16,22,29,31-32H,9-11,14,17-19H2,1-8H3,(H,28,30). The minimum atomic E-state index is -2.52. The van der Waals surface area contributed by atoms with E-state index in [0.717, 1.165) is 32.9 Å². The number of rotatable bonds is 15. The summed E-state index contributed by atoms with van der Waals surface area (Å²) in [5.41, 5.74) is -2.55. The fraction of sp³-hybridized carbons (Fsp3) is 0.704. The first-order valence-corrected chi connectivity index (χ1v) is 18.2. The molecule has 4 N–H and O–H groups in total. The minimum absolute atomic E-state index is 0.210. The molecular weight excluding hydrogens is 543 g/mol. The lowest BCUT2D eigenvalue weighted by Crippen LogP contribution is -2.68. The van der Waals surface area contributed by atoms with Gasteiger partial charge in [-0.2, -0.15) is 0 Å². The molecule has 0 radical (unpaired) electrons. The van der Waals surface area contributed by atoms with E-state index in [4.69, 9.17) is 21.8 Å². The second kappa shape index (κ2) is 14.8. The number of nitrogens with one attached hydrogen (secondary N) is 1. The molecule has 6 nitrogen and oxygen atoms in total. The Morgan fingerprint density at radius 1 is 1.14 bits per heavy atom. The van der Waals surface area contributed by atoms with Gasteiger partial charge in [-0.25, -0.2) is 0 Å². The van der Waals surface area contributed by atoms with Crippen molar-refractivity contribution in [2.75, 3.05) is 12.5 Å². The first kappa shape index (κ1) is 34.6. The SMILES string of the molecule is CCCCSC(=S)SC(CCc1ccc([Si](C)(C)OC(C)(C(C)(C)O)C(C)(O)CC)cc1)C(=O)NCO. The molecule has 10 heteroatoms. The number of carbonyl (C=O) groups excluding carboxylic acids is 1. The summed E-state index contributed by atoms with van der Waals surface area (Å²) in [5, 5.41) is 34.5. The Kier molecular flexibility index (Phi) is 13.8. The molecule has 1 amide bonds. The Bertz CT molecular complexity index is 874. The second-order valence-corrected chi connectivity index (χ2v) is 18.1. The van der Waals surface area contributed by atoms with Crippen LogP contribution in [0.5, 0.6) is 0 Å². The molecule has 1 rings (SSSR count). The molecule has 3 atom stereocenters. The van der Waals surface area contributed by atoms with Gasteiger partial charge in [0.2, 0.25) is 14.2 Å². The molecule has 0 saturated carbocycles.